The fourth-order valence-electron chi connectivity index (χ4n) is 2.06. The second-order valence-electron chi connectivity index (χ2n) is 4.84. The van der Waals surface area contributed by atoms with E-state index in [1.807, 2.05) is 38.1 Å². The van der Waals surface area contributed by atoms with Gasteiger partial charge in [0.05, 0.1) is 0 Å². The first-order chi connectivity index (χ1) is 10.1. The van der Waals surface area contributed by atoms with Crippen LogP contribution in [0.15, 0.2) is 36.4 Å². The van der Waals surface area contributed by atoms with E-state index in [0.717, 1.165) is 23.2 Å². The average molecular weight is 284 g/mol. The van der Waals surface area contributed by atoms with Crippen molar-refractivity contribution in [1.82, 2.24) is 10.3 Å². The number of benzene rings is 1. The van der Waals surface area contributed by atoms with E-state index in [-0.39, 0.29) is 5.91 Å². The zero-order valence-corrected chi connectivity index (χ0v) is 12.3. The van der Waals surface area contributed by atoms with Crippen LogP contribution >= 0.6 is 0 Å². The molecule has 0 atom stereocenters. The average Bonchev–Trinajstić information content (AvgIpc) is 2.53. The summed E-state index contributed by atoms with van der Waals surface area (Å²) in [5, 5.41) is 2.92. The lowest BCUT2D eigenvalue weighted by atomic mass is 10.1. The van der Waals surface area contributed by atoms with Gasteiger partial charge in [0.25, 0.3) is 5.91 Å². The van der Waals surface area contributed by atoms with Gasteiger partial charge < -0.3 is 10.7 Å². The Balaban J connectivity index is 2.11. The highest BCUT2D eigenvalue weighted by Crippen LogP contribution is 2.11. The predicted octanol–water partition coefficient (Wildman–Crippen LogP) is 2.17. The molecule has 1 aromatic carbocycles. The number of anilines is 1. The molecule has 0 aliphatic carbocycles. The minimum absolute atomic E-state index is 0.133. The Morgan fingerprint density at radius 2 is 2.05 bits per heavy atom. The molecule has 0 aliphatic heterocycles. The molecule has 0 saturated heterocycles. The van der Waals surface area contributed by atoms with Gasteiger partial charge >= 0.3 is 0 Å². The largest absolute Gasteiger partial charge is 0.348 e. The van der Waals surface area contributed by atoms with Gasteiger partial charge in [-0.15, -0.1) is 0 Å². The second kappa shape index (κ2) is 6.85. The Morgan fingerprint density at radius 3 is 2.71 bits per heavy atom. The predicted molar refractivity (Wildman–Crippen MR) is 83.8 cm³/mol. The van der Waals surface area contributed by atoms with Crippen molar-refractivity contribution in [2.75, 3.05) is 5.43 Å². The molecule has 1 aromatic heterocycles. The van der Waals surface area contributed by atoms with Crippen molar-refractivity contribution in [2.24, 2.45) is 5.84 Å². The molecule has 5 nitrogen and oxygen atoms in total. The van der Waals surface area contributed by atoms with Crippen LogP contribution in [0.25, 0.3) is 0 Å². The summed E-state index contributed by atoms with van der Waals surface area (Å²) in [7, 11) is 0. The van der Waals surface area contributed by atoms with Crippen LogP contribution < -0.4 is 16.6 Å². The maximum absolute atomic E-state index is 12.3. The van der Waals surface area contributed by atoms with Crippen LogP contribution in [0, 0.1) is 6.92 Å². The highest BCUT2D eigenvalue weighted by atomic mass is 16.1. The first-order valence-electron chi connectivity index (χ1n) is 6.94. The van der Waals surface area contributed by atoms with Crippen molar-refractivity contribution in [3.05, 3.63) is 58.8 Å². The molecule has 4 N–H and O–H groups in total. The van der Waals surface area contributed by atoms with Gasteiger partial charge in [-0.3, -0.25) is 4.79 Å². The van der Waals surface area contributed by atoms with Gasteiger partial charge in [0.15, 0.2) is 0 Å². The number of aryl methyl sites for hydroxylation is 2. The molecule has 0 saturated carbocycles. The molecule has 2 aromatic rings. The maximum Gasteiger partial charge on any atom is 0.251 e. The fraction of sp³-hybridized carbons (Fsp3) is 0.250. The number of pyridine rings is 1. The third-order valence-electron chi connectivity index (χ3n) is 3.35. The maximum atomic E-state index is 12.3. The number of carbonyl (C=O) groups excluding carboxylic acids is 1. The van der Waals surface area contributed by atoms with E-state index in [0.29, 0.717) is 17.9 Å². The zero-order chi connectivity index (χ0) is 15.2. The molecule has 0 fully saturated rings. The number of hydrogen-bond acceptors (Lipinski definition) is 4. The molecule has 2 rings (SSSR count). The smallest absolute Gasteiger partial charge is 0.251 e. The molecule has 0 unspecified atom stereocenters. The van der Waals surface area contributed by atoms with Crippen LogP contribution in [0.4, 0.5) is 5.82 Å². The molecule has 0 aliphatic rings. The summed E-state index contributed by atoms with van der Waals surface area (Å²) >= 11 is 0. The van der Waals surface area contributed by atoms with Crippen LogP contribution in [0.3, 0.4) is 0 Å². The van der Waals surface area contributed by atoms with E-state index in [9.17, 15) is 4.79 Å². The van der Waals surface area contributed by atoms with Crippen molar-refractivity contribution < 1.29 is 4.79 Å². The van der Waals surface area contributed by atoms with Crippen molar-refractivity contribution in [3.8, 4) is 0 Å². The Morgan fingerprint density at radius 1 is 1.29 bits per heavy atom. The quantitative estimate of drug-likeness (QED) is 0.580. The summed E-state index contributed by atoms with van der Waals surface area (Å²) in [5.74, 6) is 5.75. The number of amides is 1. The number of nitrogens with one attached hydrogen (secondary N) is 2. The Bertz CT molecular complexity index is 618. The molecule has 0 bridgehead atoms. The van der Waals surface area contributed by atoms with Gasteiger partial charge in [-0.2, -0.15) is 0 Å². The molecule has 5 heteroatoms. The number of hydrogen-bond donors (Lipinski definition) is 3. The Labute approximate surface area is 124 Å². The van der Waals surface area contributed by atoms with Gasteiger partial charge in [-0.1, -0.05) is 31.2 Å². The van der Waals surface area contributed by atoms with E-state index in [1.54, 1.807) is 12.1 Å². The summed E-state index contributed by atoms with van der Waals surface area (Å²) in [6.07, 6.45) is 0.744. The molecule has 110 valence electrons. The van der Waals surface area contributed by atoms with Crippen molar-refractivity contribution >= 4 is 11.7 Å². The summed E-state index contributed by atoms with van der Waals surface area (Å²) in [4.78, 5) is 16.5. The molecule has 1 amide bonds. The van der Waals surface area contributed by atoms with Gasteiger partial charge in [-0.05, 0) is 36.6 Å². The first-order valence-corrected chi connectivity index (χ1v) is 6.94. The van der Waals surface area contributed by atoms with Gasteiger partial charge in [0, 0.05) is 17.8 Å². The standard InChI is InChI=1S/C16H20N4O/c1-3-14-8-13(9-15(19-14)20-17)16(21)18-10-12-7-5-4-6-11(12)2/h4-9H,3,10,17H2,1-2H3,(H,18,21)(H,19,20). The zero-order valence-electron chi connectivity index (χ0n) is 12.3. The second-order valence-corrected chi connectivity index (χ2v) is 4.84. The van der Waals surface area contributed by atoms with Gasteiger partial charge in [0.1, 0.15) is 5.82 Å². The third-order valence-corrected chi connectivity index (χ3v) is 3.35. The van der Waals surface area contributed by atoms with Crippen molar-refractivity contribution in [1.29, 1.82) is 0 Å². The molecule has 1 heterocycles. The number of nitrogen functional groups attached to an aromatic ring is 1. The topological polar surface area (TPSA) is 80.0 Å². The number of aromatic nitrogens is 1. The number of nitrogens with two attached hydrogens (primary N) is 1. The highest BCUT2D eigenvalue weighted by molar-refractivity contribution is 5.95. The minimum atomic E-state index is -0.133. The van der Waals surface area contributed by atoms with E-state index < -0.39 is 0 Å². The minimum Gasteiger partial charge on any atom is -0.348 e. The third kappa shape index (κ3) is 3.79. The lowest BCUT2D eigenvalue weighted by Crippen LogP contribution is -2.24. The summed E-state index contributed by atoms with van der Waals surface area (Å²) < 4.78 is 0. The lowest BCUT2D eigenvalue weighted by molar-refractivity contribution is 0.0950. The summed E-state index contributed by atoms with van der Waals surface area (Å²) in [6, 6.07) is 11.4. The summed E-state index contributed by atoms with van der Waals surface area (Å²) in [5.41, 5.74) is 6.14. The summed E-state index contributed by atoms with van der Waals surface area (Å²) in [6.45, 7) is 4.51. The van der Waals surface area contributed by atoms with E-state index in [4.69, 9.17) is 5.84 Å². The molecule has 21 heavy (non-hydrogen) atoms. The molecule has 0 radical (unpaired) electrons. The highest BCUT2D eigenvalue weighted by Gasteiger charge is 2.09. The number of carbonyl (C=O) groups is 1. The Kier molecular flexibility index (Phi) is 4.90. The van der Waals surface area contributed by atoms with Crippen molar-refractivity contribution in [2.45, 2.75) is 26.8 Å². The van der Waals surface area contributed by atoms with Crippen LogP contribution in [-0.4, -0.2) is 10.9 Å². The Hall–Kier alpha value is -2.40. The number of nitrogens with zero attached hydrogens (tertiary/aromatic N) is 1. The number of hydrazine groups is 1. The SMILES string of the molecule is CCc1cc(C(=O)NCc2ccccc2C)cc(NN)n1. The normalized spacial score (nSPS) is 10.2. The monoisotopic (exact) mass is 284 g/mol. The number of rotatable bonds is 5. The van der Waals surface area contributed by atoms with Gasteiger partial charge in [0.2, 0.25) is 0 Å². The molecular weight excluding hydrogens is 264 g/mol. The lowest BCUT2D eigenvalue weighted by Gasteiger charge is -2.10. The molecule has 0 spiro atoms. The first kappa shape index (κ1) is 15.0. The van der Waals surface area contributed by atoms with Crippen molar-refractivity contribution in [3.63, 3.8) is 0 Å². The van der Waals surface area contributed by atoms with Crippen LogP contribution in [0.1, 0.15) is 34.1 Å². The van der Waals surface area contributed by atoms with Gasteiger partial charge in [-0.25, -0.2) is 10.8 Å². The van der Waals surface area contributed by atoms with Crippen LogP contribution in [-0.2, 0) is 13.0 Å². The van der Waals surface area contributed by atoms with E-state index in [1.165, 1.54) is 0 Å². The molecular formula is C16H20N4O. The van der Waals surface area contributed by atoms with E-state index in [2.05, 4.69) is 15.7 Å². The van der Waals surface area contributed by atoms with Crippen LogP contribution in [0.5, 0.6) is 0 Å². The van der Waals surface area contributed by atoms with Crippen LogP contribution in [0.2, 0.25) is 0 Å². The fourth-order valence-corrected chi connectivity index (χ4v) is 2.06. The van der Waals surface area contributed by atoms with E-state index >= 15 is 0 Å².